The van der Waals surface area contributed by atoms with Crippen molar-refractivity contribution in [3.63, 3.8) is 0 Å². The van der Waals surface area contributed by atoms with Crippen molar-refractivity contribution < 1.29 is 18.7 Å². The van der Waals surface area contributed by atoms with Crippen LogP contribution >= 0.6 is 0 Å². The number of hydrogen-bond donors (Lipinski definition) is 1. The van der Waals surface area contributed by atoms with Crippen molar-refractivity contribution in [2.45, 2.75) is 37.5 Å². The quantitative estimate of drug-likeness (QED) is 0.862. The lowest BCUT2D eigenvalue weighted by atomic mass is 9.77. The maximum atomic E-state index is 13.4. The summed E-state index contributed by atoms with van der Waals surface area (Å²) in [6.45, 7) is 1.76. The maximum Gasteiger partial charge on any atom is 0.314 e. The number of rotatable bonds is 2. The summed E-state index contributed by atoms with van der Waals surface area (Å²) < 4.78 is 26.7. The highest BCUT2D eigenvalue weighted by atomic mass is 19.3. The van der Waals surface area contributed by atoms with E-state index >= 15 is 0 Å². The Hall–Kier alpha value is -1.45. The van der Waals surface area contributed by atoms with Crippen molar-refractivity contribution in [1.82, 2.24) is 0 Å². The summed E-state index contributed by atoms with van der Waals surface area (Å²) in [7, 11) is 0. The molecule has 0 aromatic heterocycles. The molecule has 1 aromatic rings. The molecule has 17 heavy (non-hydrogen) atoms. The van der Waals surface area contributed by atoms with Gasteiger partial charge in [0.2, 0.25) is 5.92 Å². The van der Waals surface area contributed by atoms with Crippen LogP contribution in [0.3, 0.4) is 0 Å². The minimum Gasteiger partial charge on any atom is -0.481 e. The van der Waals surface area contributed by atoms with E-state index < -0.39 is 23.7 Å². The summed E-state index contributed by atoms with van der Waals surface area (Å²) in [6.07, 6.45) is -0.950. The van der Waals surface area contributed by atoms with Crippen molar-refractivity contribution >= 4 is 5.97 Å². The zero-order valence-electron chi connectivity index (χ0n) is 9.54. The van der Waals surface area contributed by atoms with Crippen molar-refractivity contribution in [3.05, 3.63) is 35.4 Å². The summed E-state index contributed by atoms with van der Waals surface area (Å²) >= 11 is 0. The van der Waals surface area contributed by atoms with Gasteiger partial charge in [0, 0.05) is 12.8 Å². The zero-order valence-corrected chi connectivity index (χ0v) is 9.54. The second-order valence-corrected chi connectivity index (χ2v) is 4.73. The van der Waals surface area contributed by atoms with Crippen LogP contribution in [0.25, 0.3) is 0 Å². The van der Waals surface area contributed by atoms with E-state index in [9.17, 15) is 18.7 Å². The van der Waals surface area contributed by atoms with Crippen molar-refractivity contribution in [1.29, 1.82) is 0 Å². The molecular weight excluding hydrogens is 226 g/mol. The van der Waals surface area contributed by atoms with Gasteiger partial charge in [0.1, 0.15) is 0 Å². The average molecular weight is 240 g/mol. The van der Waals surface area contributed by atoms with Crippen LogP contribution < -0.4 is 0 Å². The fourth-order valence-electron chi connectivity index (χ4n) is 2.65. The standard InChI is InChI=1S/C13H14F2O2/c1-9-4-2-3-5-10(9)12(11(16)17)6-7-13(14,15)8-12/h2-5H,6-8H2,1H3,(H,16,17). The van der Waals surface area contributed by atoms with Crippen LogP contribution in [0.5, 0.6) is 0 Å². The van der Waals surface area contributed by atoms with E-state index in [4.69, 9.17) is 0 Å². The first kappa shape index (κ1) is 12.0. The fourth-order valence-corrected chi connectivity index (χ4v) is 2.65. The Morgan fingerprint density at radius 1 is 1.29 bits per heavy atom. The monoisotopic (exact) mass is 240 g/mol. The van der Waals surface area contributed by atoms with E-state index in [0.717, 1.165) is 5.56 Å². The third-order valence-electron chi connectivity index (χ3n) is 3.55. The van der Waals surface area contributed by atoms with Gasteiger partial charge in [0.05, 0.1) is 5.41 Å². The van der Waals surface area contributed by atoms with Gasteiger partial charge in [0.25, 0.3) is 0 Å². The second kappa shape index (κ2) is 3.79. The van der Waals surface area contributed by atoms with E-state index in [1.165, 1.54) is 0 Å². The number of hydrogen-bond acceptors (Lipinski definition) is 1. The molecule has 1 fully saturated rings. The molecule has 0 bridgehead atoms. The average Bonchev–Trinajstić information content (AvgIpc) is 2.56. The number of aryl methyl sites for hydroxylation is 1. The predicted octanol–water partition coefficient (Wildman–Crippen LogP) is 3.14. The van der Waals surface area contributed by atoms with Gasteiger partial charge in [-0.25, -0.2) is 8.78 Å². The minimum atomic E-state index is -2.87. The Bertz CT molecular complexity index is 456. The van der Waals surface area contributed by atoms with Crippen LogP contribution in [0.2, 0.25) is 0 Å². The molecule has 0 amide bonds. The Kier molecular flexibility index (Phi) is 2.68. The first-order chi connectivity index (χ1) is 7.87. The molecule has 1 aliphatic carbocycles. The Balaban J connectivity index is 2.51. The third-order valence-corrected chi connectivity index (χ3v) is 3.55. The first-order valence-corrected chi connectivity index (χ1v) is 5.55. The van der Waals surface area contributed by atoms with E-state index in [-0.39, 0.29) is 12.8 Å². The van der Waals surface area contributed by atoms with Crippen molar-refractivity contribution in [2.24, 2.45) is 0 Å². The van der Waals surface area contributed by atoms with Gasteiger partial charge in [-0.3, -0.25) is 4.79 Å². The van der Waals surface area contributed by atoms with Crippen LogP contribution in [0, 0.1) is 6.92 Å². The molecular formula is C13H14F2O2. The predicted molar refractivity (Wildman–Crippen MR) is 59.3 cm³/mol. The highest BCUT2D eigenvalue weighted by molar-refractivity contribution is 5.82. The molecule has 0 heterocycles. The number of alkyl halides is 2. The van der Waals surface area contributed by atoms with E-state index in [2.05, 4.69) is 0 Å². The van der Waals surface area contributed by atoms with Gasteiger partial charge < -0.3 is 5.11 Å². The van der Waals surface area contributed by atoms with Crippen LogP contribution in [0.1, 0.15) is 30.4 Å². The molecule has 1 atom stereocenters. The molecule has 0 saturated heterocycles. The number of carbonyl (C=O) groups is 1. The van der Waals surface area contributed by atoms with Crippen LogP contribution in [-0.2, 0) is 10.2 Å². The van der Waals surface area contributed by atoms with Gasteiger partial charge in [-0.05, 0) is 24.5 Å². The van der Waals surface area contributed by atoms with E-state index in [0.29, 0.717) is 5.56 Å². The molecule has 1 aliphatic rings. The molecule has 2 rings (SSSR count). The second-order valence-electron chi connectivity index (χ2n) is 4.73. The molecule has 0 aliphatic heterocycles. The highest BCUT2D eigenvalue weighted by Crippen LogP contribution is 2.49. The lowest BCUT2D eigenvalue weighted by molar-refractivity contribution is -0.145. The Morgan fingerprint density at radius 3 is 2.41 bits per heavy atom. The van der Waals surface area contributed by atoms with Gasteiger partial charge in [-0.15, -0.1) is 0 Å². The number of carboxylic acid groups (broad SMARTS) is 1. The summed E-state index contributed by atoms with van der Waals surface area (Å²) in [5, 5.41) is 9.34. The minimum absolute atomic E-state index is 0.000185. The molecule has 1 saturated carbocycles. The third kappa shape index (κ3) is 1.92. The van der Waals surface area contributed by atoms with E-state index in [1.54, 1.807) is 31.2 Å². The van der Waals surface area contributed by atoms with Crippen molar-refractivity contribution in [3.8, 4) is 0 Å². The number of carboxylic acids is 1. The Morgan fingerprint density at radius 2 is 1.94 bits per heavy atom. The van der Waals surface area contributed by atoms with Crippen LogP contribution in [-0.4, -0.2) is 17.0 Å². The van der Waals surface area contributed by atoms with Crippen LogP contribution in [0.4, 0.5) is 8.78 Å². The lowest BCUT2D eigenvalue weighted by Crippen LogP contribution is -2.35. The lowest BCUT2D eigenvalue weighted by Gasteiger charge is -2.26. The van der Waals surface area contributed by atoms with Crippen LogP contribution in [0.15, 0.2) is 24.3 Å². The summed E-state index contributed by atoms with van der Waals surface area (Å²) in [5.74, 6) is -4.02. The van der Waals surface area contributed by atoms with Gasteiger partial charge in [-0.1, -0.05) is 24.3 Å². The van der Waals surface area contributed by atoms with Gasteiger partial charge >= 0.3 is 5.97 Å². The summed E-state index contributed by atoms with van der Waals surface area (Å²) in [6, 6.07) is 6.88. The zero-order chi connectivity index (χ0) is 12.7. The molecule has 1 unspecified atom stereocenters. The normalized spacial score (nSPS) is 27.0. The number of halogens is 2. The van der Waals surface area contributed by atoms with Crippen molar-refractivity contribution in [2.75, 3.05) is 0 Å². The smallest absolute Gasteiger partial charge is 0.314 e. The van der Waals surface area contributed by atoms with Gasteiger partial charge in [0.15, 0.2) is 0 Å². The fraction of sp³-hybridized carbons (Fsp3) is 0.462. The number of aliphatic carboxylic acids is 1. The molecule has 0 radical (unpaired) electrons. The first-order valence-electron chi connectivity index (χ1n) is 5.55. The topological polar surface area (TPSA) is 37.3 Å². The molecule has 1 N–H and O–H groups in total. The maximum absolute atomic E-state index is 13.4. The molecule has 1 aromatic carbocycles. The largest absolute Gasteiger partial charge is 0.481 e. The molecule has 92 valence electrons. The van der Waals surface area contributed by atoms with E-state index in [1.807, 2.05) is 0 Å². The SMILES string of the molecule is Cc1ccccc1C1(C(=O)O)CCC(F)(F)C1. The highest BCUT2D eigenvalue weighted by Gasteiger charge is 2.55. The molecule has 0 spiro atoms. The molecule has 4 heteroatoms. The molecule has 2 nitrogen and oxygen atoms in total. The Labute approximate surface area is 98.3 Å². The van der Waals surface area contributed by atoms with Gasteiger partial charge in [-0.2, -0.15) is 0 Å². The summed E-state index contributed by atoms with van der Waals surface area (Å²) in [5.41, 5.74) is -0.147. The summed E-state index contributed by atoms with van der Waals surface area (Å²) in [4.78, 5) is 11.4. The number of benzene rings is 1.